The Labute approximate surface area is 170 Å². The summed E-state index contributed by atoms with van der Waals surface area (Å²) in [4.78, 5) is 11.6. The first-order valence-electron chi connectivity index (χ1n) is 10.3. The average molecular weight is 419 g/mol. The van der Waals surface area contributed by atoms with Gasteiger partial charge in [0, 0.05) is 50.1 Å². The van der Waals surface area contributed by atoms with Gasteiger partial charge in [0.25, 0.3) is 0 Å². The van der Waals surface area contributed by atoms with Crippen LogP contribution in [0, 0.1) is 0 Å². The molecular formula is C19H26N6O3S. The molecule has 10 heteroatoms. The molecule has 0 saturated carbocycles. The molecule has 0 aliphatic carbocycles. The van der Waals surface area contributed by atoms with E-state index in [4.69, 9.17) is 4.98 Å². The van der Waals surface area contributed by atoms with Crippen LogP contribution in [-0.2, 0) is 23.0 Å². The first-order chi connectivity index (χ1) is 14.0. The molecule has 9 nitrogen and oxygen atoms in total. The number of hydrogen-bond donors (Lipinski definition) is 1. The summed E-state index contributed by atoms with van der Waals surface area (Å²) in [5, 5.41) is 14.1. The van der Waals surface area contributed by atoms with Crippen LogP contribution in [0.2, 0.25) is 0 Å². The van der Waals surface area contributed by atoms with Crippen molar-refractivity contribution in [3.63, 3.8) is 0 Å². The average Bonchev–Trinajstić information content (AvgIpc) is 3.33. The summed E-state index contributed by atoms with van der Waals surface area (Å²) in [6.07, 6.45) is 8.42. The highest BCUT2D eigenvalue weighted by atomic mass is 32.2. The molecule has 0 amide bonds. The molecule has 0 unspecified atom stereocenters. The van der Waals surface area contributed by atoms with Crippen molar-refractivity contribution in [3.05, 3.63) is 29.8 Å². The molecule has 2 bridgehead atoms. The summed E-state index contributed by atoms with van der Waals surface area (Å²) in [6, 6.07) is -0.308. The van der Waals surface area contributed by atoms with Gasteiger partial charge in [0.1, 0.15) is 4.90 Å². The molecule has 2 aromatic rings. The number of aliphatic hydroxyl groups is 1. The van der Waals surface area contributed by atoms with E-state index in [1.807, 2.05) is 11.8 Å². The Morgan fingerprint density at radius 1 is 1.24 bits per heavy atom. The van der Waals surface area contributed by atoms with E-state index in [9.17, 15) is 13.5 Å². The Morgan fingerprint density at radius 3 is 2.86 bits per heavy atom. The van der Waals surface area contributed by atoms with Gasteiger partial charge in [0.05, 0.1) is 24.0 Å². The minimum Gasteiger partial charge on any atom is -0.391 e. The summed E-state index contributed by atoms with van der Waals surface area (Å²) in [6.45, 7) is 3.95. The van der Waals surface area contributed by atoms with Crippen molar-refractivity contribution in [3.8, 4) is 0 Å². The fourth-order valence-corrected chi connectivity index (χ4v) is 6.65. The second-order valence-corrected chi connectivity index (χ2v) is 9.98. The third kappa shape index (κ3) is 3.13. The second-order valence-electron chi connectivity index (χ2n) is 8.13. The van der Waals surface area contributed by atoms with Gasteiger partial charge in [-0.2, -0.15) is 9.40 Å². The van der Waals surface area contributed by atoms with Gasteiger partial charge in [-0.1, -0.05) is 0 Å². The number of hydrogen-bond acceptors (Lipinski definition) is 7. The molecule has 5 rings (SSSR count). The monoisotopic (exact) mass is 418 g/mol. The van der Waals surface area contributed by atoms with Crippen LogP contribution in [0.5, 0.6) is 0 Å². The summed E-state index contributed by atoms with van der Waals surface area (Å²) < 4.78 is 30.0. The quantitative estimate of drug-likeness (QED) is 0.793. The number of piperidine rings is 1. The Bertz CT molecular complexity index is 1020. The largest absolute Gasteiger partial charge is 0.391 e. The van der Waals surface area contributed by atoms with Gasteiger partial charge in [-0.3, -0.25) is 4.68 Å². The van der Waals surface area contributed by atoms with Crippen molar-refractivity contribution >= 4 is 16.0 Å². The van der Waals surface area contributed by atoms with Crippen molar-refractivity contribution in [2.45, 2.75) is 68.7 Å². The third-order valence-electron chi connectivity index (χ3n) is 6.30. The summed E-state index contributed by atoms with van der Waals surface area (Å²) >= 11 is 0. The van der Waals surface area contributed by atoms with Crippen molar-refractivity contribution in [2.24, 2.45) is 0 Å². The Morgan fingerprint density at radius 2 is 2.10 bits per heavy atom. The maximum atomic E-state index is 13.3. The van der Waals surface area contributed by atoms with Gasteiger partial charge in [-0.15, -0.1) is 0 Å². The first-order valence-corrected chi connectivity index (χ1v) is 11.8. The van der Waals surface area contributed by atoms with E-state index in [1.54, 1.807) is 21.4 Å². The van der Waals surface area contributed by atoms with Crippen LogP contribution in [-0.4, -0.2) is 62.8 Å². The summed E-state index contributed by atoms with van der Waals surface area (Å²) in [7, 11) is -3.62. The zero-order valence-electron chi connectivity index (χ0n) is 16.5. The lowest BCUT2D eigenvalue weighted by Crippen LogP contribution is -2.43. The number of rotatable bonds is 4. The predicted octanol–water partition coefficient (Wildman–Crippen LogP) is 1.10. The molecule has 2 fully saturated rings. The number of aliphatic hydroxyl groups excluding tert-OH is 1. The highest BCUT2D eigenvalue weighted by Crippen LogP contribution is 2.46. The van der Waals surface area contributed by atoms with Crippen LogP contribution in [0.25, 0.3) is 0 Å². The van der Waals surface area contributed by atoms with E-state index in [2.05, 4.69) is 10.1 Å². The fraction of sp³-hybridized carbons (Fsp3) is 0.632. The first kappa shape index (κ1) is 19.0. The highest BCUT2D eigenvalue weighted by Gasteiger charge is 2.48. The standard InChI is InChI=1S/C19H26N6O3S/c1-2-24-12-15(9-21-24)29(27,28)25-13-5-6-18(25)16-10-20-19(22-17(16)8-13)23-7-3-4-14(26)11-23/h9-10,12-14,18,26H,2-8,11H2,1H3/t13-,14-,18+/m0/s1. The Kier molecular flexibility index (Phi) is 4.60. The molecule has 3 aliphatic heterocycles. The maximum Gasteiger partial charge on any atom is 0.247 e. The van der Waals surface area contributed by atoms with Crippen LogP contribution >= 0.6 is 0 Å². The number of fused-ring (bicyclic) bond motifs is 4. The fourth-order valence-electron chi connectivity index (χ4n) is 4.85. The lowest BCUT2D eigenvalue weighted by molar-refractivity contribution is 0.153. The smallest absolute Gasteiger partial charge is 0.247 e. The van der Waals surface area contributed by atoms with E-state index in [1.165, 1.54) is 6.20 Å². The van der Waals surface area contributed by atoms with E-state index in [0.717, 1.165) is 43.5 Å². The number of sulfonamides is 1. The molecule has 3 aliphatic rings. The van der Waals surface area contributed by atoms with Gasteiger partial charge in [0.2, 0.25) is 16.0 Å². The molecule has 2 aromatic heterocycles. The predicted molar refractivity (Wildman–Crippen MR) is 106 cm³/mol. The van der Waals surface area contributed by atoms with Crippen molar-refractivity contribution < 1.29 is 13.5 Å². The van der Waals surface area contributed by atoms with Crippen LogP contribution in [0.1, 0.15) is 49.9 Å². The van der Waals surface area contributed by atoms with E-state index in [-0.39, 0.29) is 23.1 Å². The molecule has 1 N–H and O–H groups in total. The number of nitrogens with zero attached hydrogens (tertiary/aromatic N) is 6. The molecule has 0 spiro atoms. The van der Waals surface area contributed by atoms with Gasteiger partial charge in [0.15, 0.2) is 0 Å². The van der Waals surface area contributed by atoms with E-state index < -0.39 is 10.0 Å². The molecule has 156 valence electrons. The second kappa shape index (κ2) is 7.03. The molecular weight excluding hydrogens is 392 g/mol. The Balaban J connectivity index is 1.46. The molecule has 0 radical (unpaired) electrons. The van der Waals surface area contributed by atoms with E-state index in [0.29, 0.717) is 25.5 Å². The third-order valence-corrected chi connectivity index (χ3v) is 8.22. The number of anilines is 1. The number of aryl methyl sites for hydroxylation is 1. The van der Waals surface area contributed by atoms with Gasteiger partial charge in [-0.05, 0) is 32.6 Å². The zero-order chi connectivity index (χ0) is 20.2. The normalized spacial score (nSPS) is 27.2. The van der Waals surface area contributed by atoms with Crippen LogP contribution in [0.3, 0.4) is 0 Å². The van der Waals surface area contributed by atoms with Crippen LogP contribution < -0.4 is 4.90 Å². The lowest BCUT2D eigenvalue weighted by atomic mass is 10.0. The zero-order valence-corrected chi connectivity index (χ0v) is 17.3. The highest BCUT2D eigenvalue weighted by molar-refractivity contribution is 7.89. The number of β-amino-alcohol motifs (C(OH)–C–C–N with tert-alkyl or cyclic N) is 1. The summed E-state index contributed by atoms with van der Waals surface area (Å²) in [5.74, 6) is 0.641. The maximum absolute atomic E-state index is 13.3. The van der Waals surface area contributed by atoms with Crippen LogP contribution in [0.4, 0.5) is 5.95 Å². The van der Waals surface area contributed by atoms with Crippen LogP contribution in [0.15, 0.2) is 23.5 Å². The van der Waals surface area contributed by atoms with Crippen molar-refractivity contribution in [1.82, 2.24) is 24.1 Å². The SMILES string of the molecule is CCn1cc(S(=O)(=O)N2[C@H]3CC[C@@H]2c2cnc(N4CCC[C@H](O)C4)nc2C3)cn1. The molecule has 0 aromatic carbocycles. The lowest BCUT2D eigenvalue weighted by Gasteiger charge is -2.35. The van der Waals surface area contributed by atoms with E-state index >= 15 is 0 Å². The minimum absolute atomic E-state index is 0.0860. The molecule has 3 atom stereocenters. The van der Waals surface area contributed by atoms with Crippen molar-refractivity contribution in [1.29, 1.82) is 0 Å². The van der Waals surface area contributed by atoms with Gasteiger partial charge >= 0.3 is 0 Å². The topological polar surface area (TPSA) is 104 Å². The molecule has 2 saturated heterocycles. The Hall–Kier alpha value is -2.04. The van der Waals surface area contributed by atoms with Gasteiger partial charge in [-0.25, -0.2) is 18.4 Å². The molecule has 29 heavy (non-hydrogen) atoms. The van der Waals surface area contributed by atoms with Gasteiger partial charge < -0.3 is 10.0 Å². The molecule has 5 heterocycles. The van der Waals surface area contributed by atoms with Crippen molar-refractivity contribution in [2.75, 3.05) is 18.0 Å². The number of aromatic nitrogens is 4. The minimum atomic E-state index is -3.62. The summed E-state index contributed by atoms with van der Waals surface area (Å²) in [5.41, 5.74) is 1.85.